The van der Waals surface area contributed by atoms with Crippen molar-refractivity contribution in [3.05, 3.63) is 101 Å². The molecule has 0 bridgehead atoms. The van der Waals surface area contributed by atoms with Gasteiger partial charge in [0.25, 0.3) is 11.7 Å². The third-order valence-electron chi connectivity index (χ3n) is 6.24. The van der Waals surface area contributed by atoms with Gasteiger partial charge in [0.1, 0.15) is 17.3 Å². The molecule has 1 heterocycles. The molecule has 0 aromatic heterocycles. The first-order chi connectivity index (χ1) is 18.2. The number of carbonyl (C=O) groups excluding carboxylic acids is 2. The number of carboxylic acids is 1. The number of Topliss-reactive ketones (excluding diaryl/α,β-unsaturated/α-hetero) is 1. The van der Waals surface area contributed by atoms with Gasteiger partial charge in [-0.15, -0.1) is 0 Å². The Labute approximate surface area is 220 Å². The first kappa shape index (κ1) is 26.5. The summed E-state index contributed by atoms with van der Waals surface area (Å²) in [5, 5.41) is 20.5. The quantitative estimate of drug-likeness (QED) is 0.233. The Bertz CT molecular complexity index is 1360. The molecule has 0 saturated carbocycles. The molecule has 3 aromatic rings. The number of methoxy groups -OCH3 is 1. The van der Waals surface area contributed by atoms with E-state index in [1.54, 1.807) is 60.7 Å². The molecule has 0 spiro atoms. The highest BCUT2D eigenvalue weighted by atomic mass is 16.5. The van der Waals surface area contributed by atoms with Crippen LogP contribution in [0.5, 0.6) is 11.5 Å². The number of ketones is 1. The summed E-state index contributed by atoms with van der Waals surface area (Å²) < 4.78 is 11.0. The lowest BCUT2D eigenvalue weighted by Crippen LogP contribution is -2.29. The summed E-state index contributed by atoms with van der Waals surface area (Å²) in [5.41, 5.74) is 1.72. The molecule has 8 heteroatoms. The number of amides is 1. The standard InChI is InChI=1S/C30H29NO7/c1-18(2)17-38-24-14-10-21(11-15-24)27(32)25-26(20-8-12-23(37-3)13-9-20)31(29(34)28(25)33)16-19-4-6-22(7-5-19)30(35)36/h4-15,18,26,32H,16-17H2,1-3H3,(H,35,36)/b27-25+. The van der Waals surface area contributed by atoms with Gasteiger partial charge in [0.15, 0.2) is 0 Å². The summed E-state index contributed by atoms with van der Waals surface area (Å²) in [4.78, 5) is 39.1. The number of rotatable bonds is 9. The zero-order chi connectivity index (χ0) is 27.4. The van der Waals surface area contributed by atoms with E-state index >= 15 is 0 Å². The van der Waals surface area contributed by atoms with Gasteiger partial charge in [0.05, 0.1) is 30.9 Å². The lowest BCUT2D eigenvalue weighted by atomic mass is 9.95. The summed E-state index contributed by atoms with van der Waals surface area (Å²) in [6.07, 6.45) is 0. The number of hydrogen-bond donors (Lipinski definition) is 2. The van der Waals surface area contributed by atoms with Crippen molar-refractivity contribution in [3.63, 3.8) is 0 Å². The van der Waals surface area contributed by atoms with Gasteiger partial charge in [-0.25, -0.2) is 4.79 Å². The van der Waals surface area contributed by atoms with E-state index in [-0.39, 0.29) is 23.4 Å². The number of likely N-dealkylation sites (tertiary alicyclic amines) is 1. The largest absolute Gasteiger partial charge is 0.507 e. The molecule has 1 unspecified atom stereocenters. The van der Waals surface area contributed by atoms with Crippen LogP contribution < -0.4 is 9.47 Å². The molecule has 2 N–H and O–H groups in total. The highest BCUT2D eigenvalue weighted by Gasteiger charge is 2.46. The molecular formula is C30H29NO7. The number of benzene rings is 3. The van der Waals surface area contributed by atoms with Crippen molar-refractivity contribution in [1.82, 2.24) is 4.90 Å². The van der Waals surface area contributed by atoms with E-state index in [1.807, 2.05) is 13.8 Å². The van der Waals surface area contributed by atoms with Gasteiger partial charge in [0.2, 0.25) is 0 Å². The highest BCUT2D eigenvalue weighted by molar-refractivity contribution is 6.46. The lowest BCUT2D eigenvalue weighted by Gasteiger charge is -2.25. The molecule has 196 valence electrons. The Morgan fingerprint density at radius 1 is 0.868 bits per heavy atom. The number of hydrogen-bond acceptors (Lipinski definition) is 6. The van der Waals surface area contributed by atoms with E-state index in [9.17, 15) is 24.6 Å². The van der Waals surface area contributed by atoms with Crippen molar-refractivity contribution in [2.45, 2.75) is 26.4 Å². The molecule has 1 fully saturated rings. The van der Waals surface area contributed by atoms with Crippen LogP contribution in [0.2, 0.25) is 0 Å². The van der Waals surface area contributed by atoms with E-state index in [4.69, 9.17) is 9.47 Å². The zero-order valence-corrected chi connectivity index (χ0v) is 21.4. The van der Waals surface area contributed by atoms with Gasteiger partial charge in [-0.3, -0.25) is 9.59 Å². The minimum absolute atomic E-state index is 0.0295. The minimum Gasteiger partial charge on any atom is -0.507 e. The Morgan fingerprint density at radius 2 is 1.45 bits per heavy atom. The number of aliphatic hydroxyl groups excluding tert-OH is 1. The Hall–Kier alpha value is -4.59. The minimum atomic E-state index is -1.06. The van der Waals surface area contributed by atoms with Crippen molar-refractivity contribution in [2.24, 2.45) is 5.92 Å². The number of nitrogens with zero attached hydrogens (tertiary/aromatic N) is 1. The molecule has 8 nitrogen and oxygen atoms in total. The van der Waals surface area contributed by atoms with Gasteiger partial charge < -0.3 is 24.6 Å². The average Bonchev–Trinajstić information content (AvgIpc) is 3.17. The first-order valence-corrected chi connectivity index (χ1v) is 12.2. The van der Waals surface area contributed by atoms with Crippen molar-refractivity contribution in [3.8, 4) is 11.5 Å². The maximum Gasteiger partial charge on any atom is 0.335 e. The average molecular weight is 516 g/mol. The lowest BCUT2D eigenvalue weighted by molar-refractivity contribution is -0.140. The van der Waals surface area contributed by atoms with E-state index < -0.39 is 23.7 Å². The SMILES string of the molecule is COc1ccc(C2/C(=C(\O)c3ccc(OCC(C)C)cc3)C(=O)C(=O)N2Cc2ccc(C(=O)O)cc2)cc1. The predicted molar refractivity (Wildman–Crippen MR) is 141 cm³/mol. The van der Waals surface area contributed by atoms with Crippen molar-refractivity contribution in [2.75, 3.05) is 13.7 Å². The van der Waals surface area contributed by atoms with Crippen LogP contribution in [0.4, 0.5) is 0 Å². The van der Waals surface area contributed by atoms with Crippen molar-refractivity contribution in [1.29, 1.82) is 0 Å². The van der Waals surface area contributed by atoms with Crippen LogP contribution in [-0.4, -0.2) is 46.5 Å². The normalized spacial score (nSPS) is 16.6. The summed E-state index contributed by atoms with van der Waals surface area (Å²) in [7, 11) is 1.54. The third kappa shape index (κ3) is 5.54. The summed E-state index contributed by atoms with van der Waals surface area (Å²) in [6.45, 7) is 4.67. The van der Waals surface area contributed by atoms with Crippen LogP contribution in [0.3, 0.4) is 0 Å². The van der Waals surface area contributed by atoms with Crippen LogP contribution in [0, 0.1) is 5.92 Å². The van der Waals surface area contributed by atoms with Crippen molar-refractivity contribution < 1.29 is 34.1 Å². The van der Waals surface area contributed by atoms with Crippen LogP contribution in [-0.2, 0) is 16.1 Å². The van der Waals surface area contributed by atoms with Gasteiger partial charge in [-0.05, 0) is 65.6 Å². The zero-order valence-electron chi connectivity index (χ0n) is 21.4. The first-order valence-electron chi connectivity index (χ1n) is 12.2. The summed E-state index contributed by atoms with van der Waals surface area (Å²) in [6, 6.07) is 18.9. The summed E-state index contributed by atoms with van der Waals surface area (Å²) >= 11 is 0. The van der Waals surface area contributed by atoms with E-state index in [0.29, 0.717) is 40.7 Å². The Morgan fingerprint density at radius 3 is 2.00 bits per heavy atom. The highest BCUT2D eigenvalue weighted by Crippen LogP contribution is 2.40. The molecule has 3 aromatic carbocycles. The molecule has 0 aliphatic carbocycles. The van der Waals surface area contributed by atoms with Crippen LogP contribution in [0.1, 0.15) is 46.9 Å². The molecular weight excluding hydrogens is 486 g/mol. The molecule has 38 heavy (non-hydrogen) atoms. The second kappa shape index (κ2) is 11.2. The topological polar surface area (TPSA) is 113 Å². The smallest absolute Gasteiger partial charge is 0.335 e. The van der Waals surface area contributed by atoms with E-state index in [2.05, 4.69) is 0 Å². The van der Waals surface area contributed by atoms with Gasteiger partial charge >= 0.3 is 5.97 Å². The fourth-order valence-electron chi connectivity index (χ4n) is 4.25. The van der Waals surface area contributed by atoms with Crippen molar-refractivity contribution >= 4 is 23.4 Å². The number of carboxylic acid groups (broad SMARTS) is 1. The van der Waals surface area contributed by atoms with Crippen LogP contribution in [0.25, 0.3) is 5.76 Å². The number of aliphatic hydroxyl groups is 1. The van der Waals surface area contributed by atoms with Crippen LogP contribution >= 0.6 is 0 Å². The second-order valence-corrected chi connectivity index (χ2v) is 9.43. The number of aromatic carboxylic acids is 1. The third-order valence-corrected chi connectivity index (χ3v) is 6.24. The molecule has 0 radical (unpaired) electrons. The summed E-state index contributed by atoms with van der Waals surface area (Å²) in [5.74, 6) is -1.32. The number of ether oxygens (including phenoxy) is 2. The fraction of sp³-hybridized carbons (Fsp3) is 0.233. The molecule has 4 rings (SSSR count). The predicted octanol–water partition coefficient (Wildman–Crippen LogP) is 5.05. The van der Waals surface area contributed by atoms with E-state index in [1.165, 1.54) is 24.1 Å². The Kier molecular flexibility index (Phi) is 7.81. The monoisotopic (exact) mass is 515 g/mol. The van der Waals surface area contributed by atoms with Crippen LogP contribution in [0.15, 0.2) is 78.4 Å². The van der Waals surface area contributed by atoms with E-state index in [0.717, 1.165) is 0 Å². The molecule has 1 amide bonds. The molecule has 1 aliphatic heterocycles. The molecule has 1 atom stereocenters. The molecule has 1 saturated heterocycles. The van der Waals surface area contributed by atoms with Gasteiger partial charge in [0, 0.05) is 12.1 Å². The fourth-order valence-corrected chi connectivity index (χ4v) is 4.25. The molecule has 1 aliphatic rings. The van der Waals surface area contributed by atoms with Gasteiger partial charge in [-0.2, -0.15) is 0 Å². The maximum absolute atomic E-state index is 13.3. The Balaban J connectivity index is 1.74. The second-order valence-electron chi connectivity index (χ2n) is 9.43. The maximum atomic E-state index is 13.3. The number of carbonyl (C=O) groups is 3. The van der Waals surface area contributed by atoms with Gasteiger partial charge in [-0.1, -0.05) is 38.1 Å².